The molecule has 0 saturated carbocycles. The fourth-order valence-electron chi connectivity index (χ4n) is 5.11. The number of phenolic OH excluding ortho intramolecular Hbond substituents is 1. The zero-order valence-electron chi connectivity index (χ0n) is 19.0. The molecule has 1 aliphatic carbocycles. The second kappa shape index (κ2) is 8.97. The molecule has 0 spiro atoms. The van der Waals surface area contributed by atoms with Gasteiger partial charge in [0.15, 0.2) is 0 Å². The Kier molecular flexibility index (Phi) is 5.86. The molecule has 34 heavy (non-hydrogen) atoms. The highest BCUT2D eigenvalue weighted by Crippen LogP contribution is 2.34. The van der Waals surface area contributed by atoms with Gasteiger partial charge in [-0.25, -0.2) is 0 Å². The van der Waals surface area contributed by atoms with Crippen LogP contribution in [-0.2, 0) is 19.3 Å². The largest absolute Gasteiger partial charge is 0.506 e. The molecular formula is C28H28N2O4. The summed E-state index contributed by atoms with van der Waals surface area (Å²) in [5, 5.41) is 25.6. The number of nitrogens with one attached hydrogen (secondary N) is 2. The average molecular weight is 457 g/mol. The molecule has 0 saturated heterocycles. The highest BCUT2D eigenvalue weighted by Gasteiger charge is 2.37. The number of aromatic nitrogens is 1. The number of phenols is 1. The Hall–Kier alpha value is -3.61. The number of aliphatic hydroxyl groups excluding tert-OH is 1. The van der Waals surface area contributed by atoms with Crippen molar-refractivity contribution in [3.63, 3.8) is 0 Å². The fourth-order valence-corrected chi connectivity index (χ4v) is 5.11. The van der Waals surface area contributed by atoms with E-state index in [4.69, 9.17) is 4.74 Å². The van der Waals surface area contributed by atoms with Crippen LogP contribution < -0.4 is 15.6 Å². The van der Waals surface area contributed by atoms with E-state index < -0.39 is 6.10 Å². The van der Waals surface area contributed by atoms with E-state index in [0.717, 1.165) is 25.0 Å². The number of H-pyrrole nitrogens is 1. The van der Waals surface area contributed by atoms with Crippen LogP contribution in [0.15, 0.2) is 77.6 Å². The van der Waals surface area contributed by atoms with Gasteiger partial charge in [0.2, 0.25) is 5.56 Å². The van der Waals surface area contributed by atoms with Gasteiger partial charge in [0.1, 0.15) is 11.5 Å². The number of aliphatic hydroxyl groups is 1. The minimum absolute atomic E-state index is 0.0150. The maximum atomic E-state index is 11.7. The molecule has 1 heterocycles. The van der Waals surface area contributed by atoms with E-state index in [1.807, 2.05) is 12.1 Å². The quantitative estimate of drug-likeness (QED) is 0.341. The fraction of sp³-hybridized carbons (Fsp3) is 0.250. The average Bonchev–Trinajstić information content (AvgIpc) is 3.22. The number of β-amino-alcohol motifs (C(OH)–C–C–N with tert-alkyl or cyclic N) is 1. The SMILES string of the molecule is COc1ccc(CC2(NC[C@H](O)c3ccc(O)c4[nH]c(=O)ccc34)Cc3ccccc3C2)cc1. The summed E-state index contributed by atoms with van der Waals surface area (Å²) in [5.41, 5.74) is 4.31. The van der Waals surface area contributed by atoms with Crippen molar-refractivity contribution in [3.05, 3.63) is 105 Å². The lowest BCUT2D eigenvalue weighted by molar-refractivity contribution is 0.157. The van der Waals surface area contributed by atoms with E-state index in [0.29, 0.717) is 23.0 Å². The van der Waals surface area contributed by atoms with E-state index in [2.05, 4.69) is 46.7 Å². The minimum Gasteiger partial charge on any atom is -0.506 e. The Morgan fingerprint density at radius 1 is 1.00 bits per heavy atom. The third kappa shape index (κ3) is 4.30. The summed E-state index contributed by atoms with van der Waals surface area (Å²) in [6.07, 6.45) is 1.73. The van der Waals surface area contributed by atoms with E-state index >= 15 is 0 Å². The highest BCUT2D eigenvalue weighted by molar-refractivity contribution is 5.87. The van der Waals surface area contributed by atoms with Crippen molar-refractivity contribution in [1.82, 2.24) is 10.3 Å². The molecule has 4 N–H and O–H groups in total. The molecule has 0 aliphatic heterocycles. The van der Waals surface area contributed by atoms with Crippen LogP contribution in [0.2, 0.25) is 0 Å². The molecule has 0 fully saturated rings. The molecule has 6 nitrogen and oxygen atoms in total. The highest BCUT2D eigenvalue weighted by atomic mass is 16.5. The van der Waals surface area contributed by atoms with Crippen molar-refractivity contribution in [1.29, 1.82) is 0 Å². The van der Waals surface area contributed by atoms with E-state index in [1.165, 1.54) is 28.8 Å². The number of aromatic hydroxyl groups is 1. The van der Waals surface area contributed by atoms with Gasteiger partial charge in [-0.2, -0.15) is 0 Å². The number of hydrogen-bond acceptors (Lipinski definition) is 5. The smallest absolute Gasteiger partial charge is 0.248 e. The molecule has 6 heteroatoms. The Morgan fingerprint density at radius 3 is 2.38 bits per heavy atom. The van der Waals surface area contributed by atoms with Crippen LogP contribution in [-0.4, -0.2) is 34.4 Å². The second-order valence-electron chi connectivity index (χ2n) is 9.11. The van der Waals surface area contributed by atoms with Gasteiger partial charge in [-0.05, 0) is 65.8 Å². The van der Waals surface area contributed by atoms with Crippen LogP contribution >= 0.6 is 0 Å². The van der Waals surface area contributed by atoms with Crippen molar-refractivity contribution in [2.45, 2.75) is 30.9 Å². The molecule has 4 aromatic rings. The summed E-state index contributed by atoms with van der Waals surface area (Å²) in [6.45, 7) is 0.336. The molecule has 174 valence electrons. The Balaban J connectivity index is 1.42. The van der Waals surface area contributed by atoms with E-state index in [9.17, 15) is 15.0 Å². The Morgan fingerprint density at radius 2 is 1.71 bits per heavy atom. The Bertz CT molecular complexity index is 1350. The summed E-state index contributed by atoms with van der Waals surface area (Å²) in [4.78, 5) is 14.4. The summed E-state index contributed by atoms with van der Waals surface area (Å²) < 4.78 is 5.31. The lowest BCUT2D eigenvalue weighted by atomic mass is 9.87. The number of fused-ring (bicyclic) bond motifs is 2. The molecule has 3 aromatic carbocycles. The zero-order chi connectivity index (χ0) is 23.7. The molecule has 0 unspecified atom stereocenters. The zero-order valence-corrected chi connectivity index (χ0v) is 19.0. The summed E-state index contributed by atoms with van der Waals surface area (Å²) in [6, 6.07) is 22.9. The lowest BCUT2D eigenvalue weighted by Gasteiger charge is -2.32. The molecule has 1 aromatic heterocycles. The first-order valence-electron chi connectivity index (χ1n) is 11.4. The van der Waals surface area contributed by atoms with Crippen LogP contribution in [0.3, 0.4) is 0 Å². The van der Waals surface area contributed by atoms with Gasteiger partial charge in [-0.15, -0.1) is 0 Å². The van der Waals surface area contributed by atoms with Crippen LogP contribution in [0.4, 0.5) is 0 Å². The van der Waals surface area contributed by atoms with Gasteiger partial charge in [0, 0.05) is 23.5 Å². The van der Waals surface area contributed by atoms with Gasteiger partial charge in [-0.1, -0.05) is 42.5 Å². The molecule has 1 atom stereocenters. The minimum atomic E-state index is -0.814. The monoisotopic (exact) mass is 456 g/mol. The van der Waals surface area contributed by atoms with E-state index in [-0.39, 0.29) is 16.8 Å². The molecule has 0 bridgehead atoms. The summed E-state index contributed by atoms with van der Waals surface area (Å²) in [5.74, 6) is 0.812. The van der Waals surface area contributed by atoms with Crippen molar-refractivity contribution >= 4 is 10.9 Å². The van der Waals surface area contributed by atoms with Gasteiger partial charge in [0.05, 0.1) is 18.7 Å². The number of pyridine rings is 1. The van der Waals surface area contributed by atoms with Crippen LogP contribution in [0, 0.1) is 0 Å². The summed E-state index contributed by atoms with van der Waals surface area (Å²) >= 11 is 0. The van der Waals surface area contributed by atoms with Crippen molar-refractivity contribution in [2.24, 2.45) is 0 Å². The maximum absolute atomic E-state index is 11.7. The van der Waals surface area contributed by atoms with Gasteiger partial charge in [-0.3, -0.25) is 4.79 Å². The first kappa shape index (κ1) is 22.2. The predicted molar refractivity (Wildman–Crippen MR) is 132 cm³/mol. The van der Waals surface area contributed by atoms with E-state index in [1.54, 1.807) is 19.2 Å². The first-order valence-corrected chi connectivity index (χ1v) is 11.4. The number of rotatable bonds is 7. The predicted octanol–water partition coefficient (Wildman–Crippen LogP) is 3.65. The normalized spacial score (nSPS) is 15.2. The molecule has 1 aliphatic rings. The van der Waals surface area contributed by atoms with Crippen LogP contribution in [0.5, 0.6) is 11.5 Å². The third-order valence-corrected chi connectivity index (χ3v) is 6.81. The topological polar surface area (TPSA) is 94.6 Å². The molecule has 0 amide bonds. The number of benzene rings is 3. The second-order valence-corrected chi connectivity index (χ2v) is 9.11. The van der Waals surface area contributed by atoms with Crippen LogP contribution in [0.25, 0.3) is 10.9 Å². The molecule has 0 radical (unpaired) electrons. The number of aromatic amines is 1. The Labute approximate surface area is 197 Å². The molecular weight excluding hydrogens is 428 g/mol. The molecule has 5 rings (SSSR count). The number of methoxy groups -OCH3 is 1. The van der Waals surface area contributed by atoms with Crippen molar-refractivity contribution in [2.75, 3.05) is 13.7 Å². The lowest BCUT2D eigenvalue weighted by Crippen LogP contribution is -2.49. The first-order chi connectivity index (χ1) is 16.5. The standard InChI is InChI=1S/C28H28N2O4/c1-34-21-8-6-18(7-9-21)14-28(15-19-4-2-3-5-20(19)16-28)29-17-25(32)22-10-12-24(31)27-23(22)11-13-26(33)30-27/h2-13,25,29,31-32H,14-17H2,1H3,(H,30,33)/t25-/m0/s1. The number of ether oxygens (including phenoxy) is 1. The van der Waals surface area contributed by atoms with Crippen molar-refractivity contribution < 1.29 is 14.9 Å². The number of hydrogen-bond donors (Lipinski definition) is 4. The van der Waals surface area contributed by atoms with Gasteiger partial charge in [0.25, 0.3) is 0 Å². The maximum Gasteiger partial charge on any atom is 0.248 e. The van der Waals surface area contributed by atoms with Crippen LogP contribution in [0.1, 0.15) is 28.4 Å². The third-order valence-electron chi connectivity index (χ3n) is 6.81. The van der Waals surface area contributed by atoms with Crippen molar-refractivity contribution in [3.8, 4) is 11.5 Å². The summed E-state index contributed by atoms with van der Waals surface area (Å²) in [7, 11) is 1.66. The van der Waals surface area contributed by atoms with Gasteiger partial charge >= 0.3 is 0 Å². The van der Waals surface area contributed by atoms with Gasteiger partial charge < -0.3 is 25.3 Å².